The average molecular weight is 301 g/mol. The quantitative estimate of drug-likeness (QED) is 0.646. The fourth-order valence-corrected chi connectivity index (χ4v) is 3.01. The molecule has 0 aliphatic heterocycles. The lowest BCUT2D eigenvalue weighted by molar-refractivity contribution is -0.147. The summed E-state index contributed by atoms with van der Waals surface area (Å²) in [6, 6.07) is 4.00. The number of rotatable bonds is 6. The van der Waals surface area contributed by atoms with E-state index in [4.69, 9.17) is 16.3 Å². The van der Waals surface area contributed by atoms with E-state index in [1.807, 2.05) is 6.92 Å². The van der Waals surface area contributed by atoms with Crippen molar-refractivity contribution in [3.05, 3.63) is 23.4 Å². The molecule has 19 heavy (non-hydrogen) atoms. The molecule has 1 aromatic heterocycles. The third kappa shape index (κ3) is 3.84. The Morgan fingerprint density at radius 2 is 2.42 bits per heavy atom. The van der Waals surface area contributed by atoms with Crippen molar-refractivity contribution in [2.75, 3.05) is 12.9 Å². The Hall–Kier alpha value is -0.780. The van der Waals surface area contributed by atoms with Gasteiger partial charge in [-0.1, -0.05) is 11.6 Å². The molecule has 1 fully saturated rings. The summed E-state index contributed by atoms with van der Waals surface area (Å²) >= 11 is 7.53. The Morgan fingerprint density at radius 3 is 3.00 bits per heavy atom. The number of hydrogen-bond donors (Lipinski definition) is 1. The van der Waals surface area contributed by atoms with Crippen LogP contribution in [0.2, 0.25) is 5.02 Å². The highest BCUT2D eigenvalue weighted by atomic mass is 35.5. The van der Waals surface area contributed by atoms with Crippen molar-refractivity contribution >= 4 is 29.3 Å². The van der Waals surface area contributed by atoms with Crippen LogP contribution in [0.15, 0.2) is 23.4 Å². The Balaban J connectivity index is 2.03. The van der Waals surface area contributed by atoms with Crippen LogP contribution in [0.1, 0.15) is 19.8 Å². The van der Waals surface area contributed by atoms with Crippen LogP contribution in [0.3, 0.4) is 0 Å². The van der Waals surface area contributed by atoms with Gasteiger partial charge in [-0.2, -0.15) is 0 Å². The number of hydrogen-bond acceptors (Lipinski definition) is 5. The molecule has 1 N–H and O–H groups in total. The maximum absolute atomic E-state index is 12.0. The number of nitrogens with one attached hydrogen (secondary N) is 1. The van der Waals surface area contributed by atoms with Crippen LogP contribution in [0.25, 0.3) is 0 Å². The largest absolute Gasteiger partial charge is 0.468 e. The van der Waals surface area contributed by atoms with Gasteiger partial charge in [-0.15, -0.1) is 11.8 Å². The molecular weight excluding hydrogens is 284 g/mol. The summed E-state index contributed by atoms with van der Waals surface area (Å²) in [6.07, 6.45) is 3.92. The lowest BCUT2D eigenvalue weighted by Crippen LogP contribution is -2.53. The number of carbonyl (C=O) groups excluding carboxylic acids is 1. The summed E-state index contributed by atoms with van der Waals surface area (Å²) in [7, 11) is 1.41. The molecule has 0 radical (unpaired) electrons. The molecule has 1 atom stereocenters. The van der Waals surface area contributed by atoms with E-state index in [-0.39, 0.29) is 5.97 Å². The predicted molar refractivity (Wildman–Crippen MR) is 76.5 cm³/mol. The number of nitrogens with zero attached hydrogens (tertiary/aromatic N) is 1. The molecule has 0 saturated heterocycles. The number of halogens is 1. The van der Waals surface area contributed by atoms with E-state index in [1.54, 1.807) is 18.3 Å². The van der Waals surface area contributed by atoms with Gasteiger partial charge in [0.2, 0.25) is 0 Å². The molecule has 1 aliphatic carbocycles. The number of methoxy groups -OCH3 is 1. The number of pyridine rings is 1. The van der Waals surface area contributed by atoms with Gasteiger partial charge < -0.3 is 4.74 Å². The molecule has 0 bridgehead atoms. The van der Waals surface area contributed by atoms with E-state index in [1.165, 1.54) is 18.9 Å². The van der Waals surface area contributed by atoms with Crippen LogP contribution >= 0.6 is 23.4 Å². The first-order chi connectivity index (χ1) is 9.05. The molecule has 0 spiro atoms. The first-order valence-corrected chi connectivity index (χ1v) is 7.51. The topological polar surface area (TPSA) is 51.2 Å². The second kappa shape index (κ2) is 6.11. The summed E-state index contributed by atoms with van der Waals surface area (Å²) in [6.45, 7) is 1.86. The molecule has 104 valence electrons. The van der Waals surface area contributed by atoms with Crippen LogP contribution in [0.5, 0.6) is 0 Å². The first kappa shape index (κ1) is 14.6. The monoisotopic (exact) mass is 300 g/mol. The van der Waals surface area contributed by atoms with E-state index < -0.39 is 5.54 Å². The number of esters is 1. The predicted octanol–water partition coefficient (Wildman–Crippen LogP) is 2.51. The Labute approximate surface area is 122 Å². The van der Waals surface area contributed by atoms with Gasteiger partial charge in [0.25, 0.3) is 0 Å². The first-order valence-electron chi connectivity index (χ1n) is 6.14. The van der Waals surface area contributed by atoms with Crippen molar-refractivity contribution < 1.29 is 9.53 Å². The molecule has 1 heterocycles. The highest BCUT2D eigenvalue weighted by molar-refractivity contribution is 7.99. The van der Waals surface area contributed by atoms with E-state index in [2.05, 4.69) is 10.3 Å². The third-order valence-electron chi connectivity index (χ3n) is 2.96. The smallest absolute Gasteiger partial charge is 0.326 e. The van der Waals surface area contributed by atoms with Crippen molar-refractivity contribution in [2.45, 2.75) is 36.4 Å². The summed E-state index contributed by atoms with van der Waals surface area (Å²) in [5.41, 5.74) is -0.707. The molecule has 0 amide bonds. The maximum atomic E-state index is 12.0. The van der Waals surface area contributed by atoms with Crippen molar-refractivity contribution in [3.63, 3.8) is 0 Å². The zero-order valence-corrected chi connectivity index (χ0v) is 12.6. The van der Waals surface area contributed by atoms with E-state index in [0.29, 0.717) is 16.8 Å². The van der Waals surface area contributed by atoms with Gasteiger partial charge in [0.1, 0.15) is 10.6 Å². The zero-order chi connectivity index (χ0) is 13.9. The van der Waals surface area contributed by atoms with Crippen molar-refractivity contribution in [1.29, 1.82) is 0 Å². The molecule has 4 nitrogen and oxygen atoms in total. The number of ether oxygens (including phenoxy) is 1. The van der Waals surface area contributed by atoms with Gasteiger partial charge in [-0.25, -0.2) is 4.98 Å². The fourth-order valence-electron chi connectivity index (χ4n) is 1.75. The molecular formula is C13H17ClN2O2S. The van der Waals surface area contributed by atoms with Crippen molar-refractivity contribution in [1.82, 2.24) is 10.3 Å². The van der Waals surface area contributed by atoms with Gasteiger partial charge in [0.05, 0.1) is 12.1 Å². The number of carbonyl (C=O) groups is 1. The van der Waals surface area contributed by atoms with E-state index >= 15 is 0 Å². The van der Waals surface area contributed by atoms with Crippen LogP contribution in [-0.4, -0.2) is 35.4 Å². The van der Waals surface area contributed by atoms with Crippen LogP contribution in [-0.2, 0) is 9.53 Å². The fraction of sp³-hybridized carbons (Fsp3) is 0.538. The molecule has 1 aromatic rings. The second-order valence-corrected chi connectivity index (χ2v) is 6.19. The van der Waals surface area contributed by atoms with Gasteiger partial charge in [-0.05, 0) is 31.9 Å². The van der Waals surface area contributed by atoms with Crippen LogP contribution in [0.4, 0.5) is 0 Å². The van der Waals surface area contributed by atoms with Crippen LogP contribution < -0.4 is 5.32 Å². The summed E-state index contributed by atoms with van der Waals surface area (Å²) in [4.78, 5) is 16.2. The summed E-state index contributed by atoms with van der Waals surface area (Å²) in [5, 5.41) is 4.68. The molecule has 1 aliphatic rings. The number of aromatic nitrogens is 1. The second-order valence-electron chi connectivity index (χ2n) is 4.82. The standard InChI is InChI=1S/C13H17ClN2O2S/c1-13(12(17)18-2,16-9-5-6-9)8-19-11-10(14)4-3-7-15-11/h3-4,7,9,16H,5-6,8H2,1-2H3. The molecule has 1 unspecified atom stereocenters. The molecule has 2 rings (SSSR count). The average Bonchev–Trinajstić information content (AvgIpc) is 3.20. The van der Waals surface area contributed by atoms with Crippen LogP contribution in [0, 0.1) is 0 Å². The highest BCUT2D eigenvalue weighted by Crippen LogP contribution is 2.30. The normalized spacial score (nSPS) is 17.8. The Bertz CT molecular complexity index is 468. The van der Waals surface area contributed by atoms with Gasteiger partial charge in [0.15, 0.2) is 0 Å². The molecule has 6 heteroatoms. The molecule has 1 saturated carbocycles. The lowest BCUT2D eigenvalue weighted by atomic mass is 10.1. The minimum absolute atomic E-state index is 0.251. The van der Waals surface area contributed by atoms with Gasteiger partial charge in [0, 0.05) is 18.0 Å². The maximum Gasteiger partial charge on any atom is 0.326 e. The van der Waals surface area contributed by atoms with E-state index in [0.717, 1.165) is 17.9 Å². The lowest BCUT2D eigenvalue weighted by Gasteiger charge is -2.27. The number of thioether (sulfide) groups is 1. The van der Waals surface area contributed by atoms with Crippen molar-refractivity contribution in [3.8, 4) is 0 Å². The zero-order valence-electron chi connectivity index (χ0n) is 11.0. The Morgan fingerprint density at radius 1 is 1.68 bits per heavy atom. The van der Waals surface area contributed by atoms with Gasteiger partial charge in [-0.3, -0.25) is 10.1 Å². The van der Waals surface area contributed by atoms with Crippen molar-refractivity contribution in [2.24, 2.45) is 0 Å². The minimum atomic E-state index is -0.707. The third-order valence-corrected chi connectivity index (χ3v) is 4.70. The Kier molecular flexibility index (Phi) is 4.71. The summed E-state index contributed by atoms with van der Waals surface area (Å²) in [5.74, 6) is 0.284. The summed E-state index contributed by atoms with van der Waals surface area (Å²) < 4.78 is 4.89. The minimum Gasteiger partial charge on any atom is -0.468 e. The molecule has 0 aromatic carbocycles. The highest BCUT2D eigenvalue weighted by Gasteiger charge is 2.39. The van der Waals surface area contributed by atoms with Gasteiger partial charge >= 0.3 is 5.97 Å². The van der Waals surface area contributed by atoms with E-state index in [9.17, 15) is 4.79 Å². The SMILES string of the molecule is COC(=O)C(C)(CSc1ncccc1Cl)NC1CC1.